The Labute approximate surface area is 106 Å². The van der Waals surface area contributed by atoms with E-state index in [0.29, 0.717) is 18.8 Å². The Morgan fingerprint density at radius 3 is 2.56 bits per heavy atom. The van der Waals surface area contributed by atoms with Gasteiger partial charge in [0.15, 0.2) is 0 Å². The van der Waals surface area contributed by atoms with Crippen molar-refractivity contribution in [2.75, 3.05) is 25.5 Å². The summed E-state index contributed by atoms with van der Waals surface area (Å²) in [5.41, 5.74) is 1.83. The maximum atomic E-state index is 12.0. The number of carbonyl (C=O) groups is 2. The minimum absolute atomic E-state index is 0.245. The van der Waals surface area contributed by atoms with Crippen LogP contribution >= 0.6 is 0 Å². The number of rotatable bonds is 1. The van der Waals surface area contributed by atoms with E-state index in [-0.39, 0.29) is 12.1 Å². The molecule has 0 unspecified atom stereocenters. The molecule has 0 bridgehead atoms. The number of nitrogens with zero attached hydrogens (tertiary/aromatic N) is 2. The van der Waals surface area contributed by atoms with Gasteiger partial charge in [0.25, 0.3) is 0 Å². The number of hydrogen-bond acceptors (Lipinski definition) is 2. The van der Waals surface area contributed by atoms with E-state index < -0.39 is 0 Å². The highest BCUT2D eigenvalue weighted by Gasteiger charge is 2.27. The van der Waals surface area contributed by atoms with Crippen LogP contribution in [0.1, 0.15) is 12.0 Å². The maximum absolute atomic E-state index is 12.0. The number of aryl methyl sites for hydroxylation is 1. The third-order valence-corrected chi connectivity index (χ3v) is 2.98. The molecular formula is C13H17N3O2. The van der Waals surface area contributed by atoms with E-state index in [0.717, 1.165) is 12.0 Å². The first-order valence-electron chi connectivity index (χ1n) is 5.98. The number of imide groups is 1. The summed E-state index contributed by atoms with van der Waals surface area (Å²) in [4.78, 5) is 26.6. The molecule has 5 heteroatoms. The summed E-state index contributed by atoms with van der Waals surface area (Å²) in [5, 5.41) is 2.73. The smallest absolute Gasteiger partial charge is 0.327 e. The van der Waals surface area contributed by atoms with E-state index in [9.17, 15) is 9.59 Å². The predicted molar refractivity (Wildman–Crippen MR) is 69.5 cm³/mol. The van der Waals surface area contributed by atoms with Crippen LogP contribution in [0.2, 0.25) is 0 Å². The van der Waals surface area contributed by atoms with Gasteiger partial charge >= 0.3 is 12.1 Å². The number of amides is 4. The molecule has 1 aromatic rings. The van der Waals surface area contributed by atoms with Gasteiger partial charge < -0.3 is 10.2 Å². The molecule has 1 aromatic carbocycles. The van der Waals surface area contributed by atoms with Gasteiger partial charge in [0.2, 0.25) is 0 Å². The van der Waals surface area contributed by atoms with Crippen molar-refractivity contribution in [3.63, 3.8) is 0 Å². The van der Waals surface area contributed by atoms with Gasteiger partial charge in [0.1, 0.15) is 0 Å². The largest absolute Gasteiger partial charge is 0.329 e. The first-order valence-corrected chi connectivity index (χ1v) is 5.98. The van der Waals surface area contributed by atoms with E-state index in [4.69, 9.17) is 0 Å². The summed E-state index contributed by atoms with van der Waals surface area (Å²) in [6.07, 6.45) is 0.809. The molecule has 96 valence electrons. The Hall–Kier alpha value is -2.04. The Kier molecular flexibility index (Phi) is 3.50. The molecule has 2 rings (SSSR count). The van der Waals surface area contributed by atoms with Crippen LogP contribution in [0.4, 0.5) is 15.3 Å². The summed E-state index contributed by atoms with van der Waals surface area (Å²) < 4.78 is 0. The van der Waals surface area contributed by atoms with Crippen molar-refractivity contribution >= 4 is 17.7 Å². The molecule has 1 N–H and O–H groups in total. The fraction of sp³-hybridized carbons (Fsp3) is 0.385. The fourth-order valence-electron chi connectivity index (χ4n) is 1.88. The van der Waals surface area contributed by atoms with Crippen molar-refractivity contribution < 1.29 is 9.59 Å². The topological polar surface area (TPSA) is 52.7 Å². The monoisotopic (exact) mass is 247 g/mol. The summed E-state index contributed by atoms with van der Waals surface area (Å²) in [7, 11) is 1.70. The average molecular weight is 247 g/mol. The van der Waals surface area contributed by atoms with Crippen molar-refractivity contribution in [2.45, 2.75) is 13.3 Å². The van der Waals surface area contributed by atoms with Crippen molar-refractivity contribution in [1.82, 2.24) is 9.80 Å². The molecule has 0 aliphatic carbocycles. The van der Waals surface area contributed by atoms with Gasteiger partial charge in [0.05, 0.1) is 0 Å². The number of hydrogen-bond donors (Lipinski definition) is 1. The highest BCUT2D eigenvalue weighted by atomic mass is 16.2. The summed E-state index contributed by atoms with van der Waals surface area (Å²) in [6.45, 7) is 3.16. The molecule has 1 aliphatic rings. The lowest BCUT2D eigenvalue weighted by molar-refractivity contribution is 0.150. The van der Waals surface area contributed by atoms with Crippen LogP contribution < -0.4 is 5.32 Å². The number of urea groups is 2. The highest BCUT2D eigenvalue weighted by Crippen LogP contribution is 2.12. The first-order chi connectivity index (χ1) is 8.58. The molecule has 0 aromatic heterocycles. The molecule has 5 nitrogen and oxygen atoms in total. The van der Waals surface area contributed by atoms with Crippen LogP contribution in [0.15, 0.2) is 24.3 Å². The number of carbonyl (C=O) groups excluding carboxylic acids is 2. The Bertz CT molecular complexity index is 456. The van der Waals surface area contributed by atoms with Crippen LogP contribution in [0.25, 0.3) is 0 Å². The van der Waals surface area contributed by atoms with Crippen molar-refractivity contribution in [3.05, 3.63) is 29.8 Å². The minimum atomic E-state index is -0.365. The van der Waals surface area contributed by atoms with Gasteiger partial charge in [-0.15, -0.1) is 0 Å². The second-order valence-corrected chi connectivity index (χ2v) is 4.51. The van der Waals surface area contributed by atoms with Crippen LogP contribution in [0.5, 0.6) is 0 Å². The zero-order valence-corrected chi connectivity index (χ0v) is 10.6. The molecule has 4 amide bonds. The number of benzene rings is 1. The van der Waals surface area contributed by atoms with Gasteiger partial charge in [-0.2, -0.15) is 0 Å². The molecule has 0 spiro atoms. The van der Waals surface area contributed by atoms with E-state index in [2.05, 4.69) is 5.32 Å². The predicted octanol–water partition coefficient (Wildman–Crippen LogP) is 2.28. The molecule has 1 heterocycles. The van der Waals surface area contributed by atoms with Gasteiger partial charge in [-0.1, -0.05) is 17.7 Å². The number of nitrogens with one attached hydrogen (secondary N) is 1. The van der Waals surface area contributed by atoms with Gasteiger partial charge in [-0.05, 0) is 25.5 Å². The standard InChI is InChI=1S/C13H17N3O2/c1-10-4-6-11(7-5-10)14-12(17)16-9-3-8-15(2)13(16)18/h4-7H,3,8-9H2,1-2H3,(H,14,17). The first kappa shape index (κ1) is 12.4. The molecule has 0 radical (unpaired) electrons. The molecule has 0 atom stereocenters. The van der Waals surface area contributed by atoms with Crippen molar-refractivity contribution in [1.29, 1.82) is 0 Å². The SMILES string of the molecule is Cc1ccc(NC(=O)N2CCCN(C)C2=O)cc1. The quantitative estimate of drug-likeness (QED) is 0.827. The molecule has 0 saturated carbocycles. The number of anilines is 1. The van der Waals surface area contributed by atoms with Crippen LogP contribution in [-0.2, 0) is 0 Å². The zero-order chi connectivity index (χ0) is 13.1. The lowest BCUT2D eigenvalue weighted by Crippen LogP contribution is -2.51. The van der Waals surface area contributed by atoms with Crippen molar-refractivity contribution in [3.8, 4) is 0 Å². The lowest BCUT2D eigenvalue weighted by Gasteiger charge is -2.31. The van der Waals surface area contributed by atoms with Crippen molar-refractivity contribution in [2.24, 2.45) is 0 Å². The van der Waals surface area contributed by atoms with Crippen LogP contribution in [-0.4, -0.2) is 42.0 Å². The van der Waals surface area contributed by atoms with E-state index >= 15 is 0 Å². The van der Waals surface area contributed by atoms with E-state index in [1.54, 1.807) is 11.9 Å². The van der Waals surface area contributed by atoms with Gasteiger partial charge in [-0.3, -0.25) is 0 Å². The maximum Gasteiger partial charge on any atom is 0.329 e. The second kappa shape index (κ2) is 5.08. The third kappa shape index (κ3) is 2.61. The summed E-state index contributed by atoms with van der Waals surface area (Å²) >= 11 is 0. The molecular weight excluding hydrogens is 230 g/mol. The Balaban J connectivity index is 2.03. The fourth-order valence-corrected chi connectivity index (χ4v) is 1.88. The summed E-state index contributed by atoms with van der Waals surface area (Å²) in [5.74, 6) is 0. The van der Waals surface area contributed by atoms with Crippen LogP contribution in [0, 0.1) is 6.92 Å². The van der Waals surface area contributed by atoms with E-state index in [1.165, 1.54) is 4.90 Å². The Morgan fingerprint density at radius 1 is 1.22 bits per heavy atom. The third-order valence-electron chi connectivity index (χ3n) is 2.98. The molecule has 1 saturated heterocycles. The van der Waals surface area contributed by atoms with Crippen LogP contribution in [0.3, 0.4) is 0 Å². The highest BCUT2D eigenvalue weighted by molar-refractivity contribution is 6.00. The Morgan fingerprint density at radius 2 is 1.89 bits per heavy atom. The lowest BCUT2D eigenvalue weighted by atomic mass is 10.2. The average Bonchev–Trinajstić information content (AvgIpc) is 2.35. The minimum Gasteiger partial charge on any atom is -0.327 e. The summed E-state index contributed by atoms with van der Waals surface area (Å²) in [6, 6.07) is 6.87. The zero-order valence-electron chi connectivity index (χ0n) is 10.6. The van der Waals surface area contributed by atoms with E-state index in [1.807, 2.05) is 31.2 Å². The molecule has 18 heavy (non-hydrogen) atoms. The molecule has 1 aliphatic heterocycles. The van der Waals surface area contributed by atoms with Gasteiger partial charge in [0, 0.05) is 25.8 Å². The normalized spacial score (nSPS) is 15.8. The van der Waals surface area contributed by atoms with Gasteiger partial charge in [-0.25, -0.2) is 14.5 Å². The second-order valence-electron chi connectivity index (χ2n) is 4.51. The molecule has 1 fully saturated rings.